The van der Waals surface area contributed by atoms with Crippen molar-refractivity contribution in [3.05, 3.63) is 84.2 Å². The number of benzene rings is 2. The van der Waals surface area contributed by atoms with E-state index in [1.54, 1.807) is 56.8 Å². The Morgan fingerprint density at radius 3 is 2.34 bits per heavy atom. The summed E-state index contributed by atoms with van der Waals surface area (Å²) in [5.74, 6) is 0.404. The van der Waals surface area contributed by atoms with Gasteiger partial charge in [-0.3, -0.25) is 19.5 Å². The number of nitrogens with zero attached hydrogens (tertiary/aromatic N) is 2. The van der Waals surface area contributed by atoms with Crippen LogP contribution in [0.15, 0.2) is 72.9 Å². The van der Waals surface area contributed by atoms with Crippen LogP contribution in [0.4, 0.5) is 5.69 Å². The number of aromatic nitrogens is 1. The summed E-state index contributed by atoms with van der Waals surface area (Å²) in [5.41, 5.74) is 1.36. The number of para-hydroxylation sites is 1. The fraction of sp³-hybridized carbons (Fsp3) is 0.321. The Morgan fingerprint density at radius 1 is 0.943 bits per heavy atom. The molecule has 1 N–H and O–H groups in total. The van der Waals surface area contributed by atoms with Gasteiger partial charge in [0.15, 0.2) is 0 Å². The number of hydrogen-bond donors (Lipinski definition) is 1. The lowest BCUT2D eigenvalue weighted by molar-refractivity contribution is -0.123. The molecule has 1 aliphatic rings. The van der Waals surface area contributed by atoms with Crippen molar-refractivity contribution in [2.24, 2.45) is 0 Å². The SMILES string of the molecule is COc1ccc(OC)c(C(C(=O)NC2CCCCC2)N(C(=O)c2ccccn2)c2ccccc2)c1. The van der Waals surface area contributed by atoms with Gasteiger partial charge >= 0.3 is 0 Å². The molecular weight excluding hydrogens is 442 g/mol. The maximum atomic E-state index is 14.0. The predicted molar refractivity (Wildman–Crippen MR) is 135 cm³/mol. The molecule has 0 aliphatic heterocycles. The lowest BCUT2D eigenvalue weighted by Gasteiger charge is -2.34. The van der Waals surface area contributed by atoms with E-state index in [2.05, 4.69) is 10.3 Å². The molecule has 1 saturated carbocycles. The lowest BCUT2D eigenvalue weighted by Crippen LogP contribution is -2.47. The van der Waals surface area contributed by atoms with Gasteiger partial charge in [-0.1, -0.05) is 43.5 Å². The van der Waals surface area contributed by atoms with E-state index in [0.717, 1.165) is 25.7 Å². The van der Waals surface area contributed by atoms with E-state index in [4.69, 9.17) is 9.47 Å². The number of anilines is 1. The van der Waals surface area contributed by atoms with Crippen LogP contribution < -0.4 is 19.7 Å². The Bertz CT molecular complexity index is 1130. The summed E-state index contributed by atoms with van der Waals surface area (Å²) in [6.45, 7) is 0. The molecule has 1 atom stereocenters. The molecule has 1 unspecified atom stereocenters. The Kier molecular flexibility index (Phi) is 7.98. The van der Waals surface area contributed by atoms with Gasteiger partial charge in [-0.05, 0) is 55.3 Å². The van der Waals surface area contributed by atoms with Gasteiger partial charge in [0.2, 0.25) is 5.91 Å². The first kappa shape index (κ1) is 24.3. The van der Waals surface area contributed by atoms with Crippen LogP contribution in [0.1, 0.15) is 54.2 Å². The van der Waals surface area contributed by atoms with Gasteiger partial charge < -0.3 is 14.8 Å². The van der Waals surface area contributed by atoms with Crippen LogP contribution in [0.2, 0.25) is 0 Å². The van der Waals surface area contributed by atoms with Crippen molar-refractivity contribution in [2.75, 3.05) is 19.1 Å². The van der Waals surface area contributed by atoms with Crippen molar-refractivity contribution in [2.45, 2.75) is 44.2 Å². The molecule has 182 valence electrons. The van der Waals surface area contributed by atoms with E-state index in [-0.39, 0.29) is 23.6 Å². The van der Waals surface area contributed by atoms with Crippen LogP contribution in [0.25, 0.3) is 0 Å². The third-order valence-corrected chi connectivity index (χ3v) is 6.33. The Morgan fingerprint density at radius 2 is 1.69 bits per heavy atom. The summed E-state index contributed by atoms with van der Waals surface area (Å²) in [4.78, 5) is 33.7. The maximum Gasteiger partial charge on any atom is 0.277 e. The van der Waals surface area contributed by atoms with Crippen molar-refractivity contribution >= 4 is 17.5 Å². The molecule has 1 aromatic heterocycles. The standard InChI is InChI=1S/C28H31N3O4/c1-34-22-16-17-25(35-2)23(19-22)26(27(32)30-20-11-5-3-6-12-20)31(21-13-7-4-8-14-21)28(33)24-15-9-10-18-29-24/h4,7-10,13-20,26H,3,5-6,11-12H2,1-2H3,(H,30,32). The molecule has 2 amide bonds. The second-order valence-corrected chi connectivity index (χ2v) is 8.58. The predicted octanol–water partition coefficient (Wildman–Crippen LogP) is 4.94. The van der Waals surface area contributed by atoms with E-state index in [0.29, 0.717) is 22.7 Å². The molecule has 7 nitrogen and oxygen atoms in total. The molecule has 1 fully saturated rings. The van der Waals surface area contributed by atoms with Gasteiger partial charge in [-0.15, -0.1) is 0 Å². The highest BCUT2D eigenvalue weighted by Gasteiger charge is 2.37. The molecule has 7 heteroatoms. The van der Waals surface area contributed by atoms with Gasteiger partial charge in [-0.2, -0.15) is 0 Å². The van der Waals surface area contributed by atoms with E-state index < -0.39 is 6.04 Å². The molecule has 0 bridgehead atoms. The van der Waals surface area contributed by atoms with Crippen molar-refractivity contribution < 1.29 is 19.1 Å². The van der Waals surface area contributed by atoms with Crippen LogP contribution in [0.5, 0.6) is 11.5 Å². The quantitative estimate of drug-likeness (QED) is 0.501. The smallest absolute Gasteiger partial charge is 0.277 e. The maximum absolute atomic E-state index is 14.0. The number of amides is 2. The van der Waals surface area contributed by atoms with Crippen LogP contribution in [-0.4, -0.2) is 37.1 Å². The summed E-state index contributed by atoms with van der Waals surface area (Å²) < 4.78 is 11.1. The van der Waals surface area contributed by atoms with E-state index in [9.17, 15) is 9.59 Å². The molecule has 35 heavy (non-hydrogen) atoms. The molecule has 0 saturated heterocycles. The topological polar surface area (TPSA) is 80.8 Å². The number of carbonyl (C=O) groups excluding carboxylic acids is 2. The van der Waals surface area contributed by atoms with Crippen LogP contribution in [0, 0.1) is 0 Å². The molecular formula is C28H31N3O4. The minimum Gasteiger partial charge on any atom is -0.497 e. The summed E-state index contributed by atoms with van der Waals surface area (Å²) in [6, 6.07) is 18.7. The second-order valence-electron chi connectivity index (χ2n) is 8.58. The third-order valence-electron chi connectivity index (χ3n) is 6.33. The van der Waals surface area contributed by atoms with E-state index in [1.807, 2.05) is 30.3 Å². The van der Waals surface area contributed by atoms with E-state index in [1.165, 1.54) is 11.3 Å². The first-order valence-corrected chi connectivity index (χ1v) is 11.9. The van der Waals surface area contributed by atoms with Gasteiger partial charge in [-0.25, -0.2) is 0 Å². The van der Waals surface area contributed by atoms with Crippen LogP contribution >= 0.6 is 0 Å². The molecule has 1 aliphatic carbocycles. The highest BCUT2D eigenvalue weighted by Crippen LogP contribution is 2.37. The zero-order valence-corrected chi connectivity index (χ0v) is 20.1. The average Bonchev–Trinajstić information content (AvgIpc) is 2.92. The Labute approximate surface area is 206 Å². The average molecular weight is 474 g/mol. The molecule has 0 spiro atoms. The summed E-state index contributed by atoms with van der Waals surface area (Å²) in [6.07, 6.45) is 6.74. The third kappa shape index (κ3) is 5.62. The van der Waals surface area contributed by atoms with E-state index >= 15 is 0 Å². The highest BCUT2D eigenvalue weighted by molar-refractivity contribution is 6.09. The van der Waals surface area contributed by atoms with Crippen molar-refractivity contribution in [1.82, 2.24) is 10.3 Å². The molecule has 2 aromatic carbocycles. The highest BCUT2D eigenvalue weighted by atomic mass is 16.5. The van der Waals surface area contributed by atoms with Crippen LogP contribution in [-0.2, 0) is 4.79 Å². The lowest BCUT2D eigenvalue weighted by atomic mass is 9.94. The van der Waals surface area contributed by atoms with Gasteiger partial charge in [0.25, 0.3) is 5.91 Å². The summed E-state index contributed by atoms with van der Waals surface area (Å²) in [7, 11) is 3.12. The largest absolute Gasteiger partial charge is 0.497 e. The summed E-state index contributed by atoms with van der Waals surface area (Å²) >= 11 is 0. The Balaban J connectivity index is 1.86. The number of carbonyl (C=O) groups is 2. The molecule has 3 aromatic rings. The molecule has 0 radical (unpaired) electrons. The fourth-order valence-electron chi connectivity index (χ4n) is 4.56. The first-order valence-electron chi connectivity index (χ1n) is 11.9. The molecule has 4 rings (SSSR count). The number of rotatable bonds is 8. The number of nitrogens with one attached hydrogen (secondary N) is 1. The summed E-state index contributed by atoms with van der Waals surface area (Å²) in [5, 5.41) is 3.21. The minimum absolute atomic E-state index is 0.0675. The number of ether oxygens (including phenoxy) is 2. The number of pyridine rings is 1. The molecule has 1 heterocycles. The minimum atomic E-state index is -1.00. The van der Waals surface area contributed by atoms with Gasteiger partial charge in [0.1, 0.15) is 23.2 Å². The van der Waals surface area contributed by atoms with Crippen molar-refractivity contribution in [1.29, 1.82) is 0 Å². The van der Waals surface area contributed by atoms with Gasteiger partial charge in [0, 0.05) is 23.5 Å². The fourth-order valence-corrected chi connectivity index (χ4v) is 4.56. The number of hydrogen-bond acceptors (Lipinski definition) is 5. The Hall–Kier alpha value is -3.87. The van der Waals surface area contributed by atoms with Crippen molar-refractivity contribution in [3.8, 4) is 11.5 Å². The monoisotopic (exact) mass is 473 g/mol. The zero-order valence-electron chi connectivity index (χ0n) is 20.1. The second kappa shape index (κ2) is 11.5. The zero-order chi connectivity index (χ0) is 24.6. The van der Waals surface area contributed by atoms with Gasteiger partial charge in [0.05, 0.1) is 14.2 Å². The van der Waals surface area contributed by atoms with Crippen molar-refractivity contribution in [3.63, 3.8) is 0 Å². The normalized spacial score (nSPS) is 14.6. The van der Waals surface area contributed by atoms with Crippen LogP contribution in [0.3, 0.4) is 0 Å². The number of methoxy groups -OCH3 is 2. The first-order chi connectivity index (χ1) is 17.1.